The smallest absolute Gasteiger partial charge is 0.326 e. The van der Waals surface area contributed by atoms with Crippen molar-refractivity contribution in [3.8, 4) is 0 Å². The Balaban J connectivity index is 2.23. The predicted molar refractivity (Wildman–Crippen MR) is 86.7 cm³/mol. The predicted octanol–water partition coefficient (Wildman–Crippen LogP) is 1.47. The van der Waals surface area contributed by atoms with E-state index in [4.69, 9.17) is 4.74 Å². The summed E-state index contributed by atoms with van der Waals surface area (Å²) in [7, 11) is -2.77. The Kier molecular flexibility index (Phi) is 5.61. The maximum atomic E-state index is 12.5. The summed E-state index contributed by atoms with van der Waals surface area (Å²) in [6.07, 6.45) is 2.32. The molecule has 132 valence electrons. The summed E-state index contributed by atoms with van der Waals surface area (Å²) < 4.78 is 32.0. The zero-order valence-electron chi connectivity index (χ0n) is 13.4. The van der Waals surface area contributed by atoms with E-state index in [2.05, 4.69) is 4.72 Å². The summed E-state index contributed by atoms with van der Waals surface area (Å²) in [4.78, 5) is 23.5. The van der Waals surface area contributed by atoms with Gasteiger partial charge in [0.05, 0.1) is 18.3 Å². The van der Waals surface area contributed by atoms with E-state index in [1.54, 1.807) is 18.2 Å². The number of ether oxygens (including phenoxy) is 1. The molecular formula is C16H21NO6S. The van der Waals surface area contributed by atoms with Gasteiger partial charge in [-0.3, -0.25) is 9.59 Å². The van der Waals surface area contributed by atoms with Gasteiger partial charge in [0.1, 0.15) is 6.04 Å². The van der Waals surface area contributed by atoms with Gasteiger partial charge in [-0.05, 0) is 18.4 Å². The summed E-state index contributed by atoms with van der Waals surface area (Å²) >= 11 is 0. The van der Waals surface area contributed by atoms with Crippen LogP contribution in [0.5, 0.6) is 0 Å². The quantitative estimate of drug-likeness (QED) is 0.717. The molecule has 0 aromatic heterocycles. The van der Waals surface area contributed by atoms with Gasteiger partial charge in [-0.25, -0.2) is 8.42 Å². The minimum Gasteiger partial charge on any atom is -0.480 e. The zero-order valence-corrected chi connectivity index (χ0v) is 14.2. The normalized spacial score (nSPS) is 18.0. The highest BCUT2D eigenvalue weighted by Crippen LogP contribution is 2.40. The average molecular weight is 355 g/mol. The second kappa shape index (κ2) is 7.31. The summed E-state index contributed by atoms with van der Waals surface area (Å²) in [5.74, 6) is -2.33. The van der Waals surface area contributed by atoms with Crippen LogP contribution in [0.1, 0.15) is 37.3 Å². The first-order valence-electron chi connectivity index (χ1n) is 7.66. The van der Waals surface area contributed by atoms with Gasteiger partial charge in [-0.15, -0.1) is 0 Å². The first kappa shape index (κ1) is 18.4. The highest BCUT2D eigenvalue weighted by atomic mass is 32.2. The van der Waals surface area contributed by atoms with E-state index < -0.39 is 39.2 Å². The Hall–Kier alpha value is -1.93. The number of esters is 1. The van der Waals surface area contributed by atoms with E-state index in [0.29, 0.717) is 18.4 Å². The van der Waals surface area contributed by atoms with Gasteiger partial charge in [-0.1, -0.05) is 43.2 Å². The van der Waals surface area contributed by atoms with E-state index in [1.807, 2.05) is 0 Å². The molecule has 1 saturated carbocycles. The molecule has 1 aliphatic carbocycles. The van der Waals surface area contributed by atoms with Crippen molar-refractivity contribution in [3.05, 3.63) is 35.9 Å². The van der Waals surface area contributed by atoms with Crippen LogP contribution in [0.3, 0.4) is 0 Å². The Morgan fingerprint density at radius 1 is 1.25 bits per heavy atom. The van der Waals surface area contributed by atoms with E-state index in [-0.39, 0.29) is 0 Å². The van der Waals surface area contributed by atoms with Crippen LogP contribution in [0.4, 0.5) is 0 Å². The first-order chi connectivity index (χ1) is 11.3. The van der Waals surface area contributed by atoms with Gasteiger partial charge in [0.2, 0.25) is 10.0 Å². The molecule has 0 radical (unpaired) electrons. The molecule has 0 heterocycles. The minimum absolute atomic E-state index is 0.326. The van der Waals surface area contributed by atoms with Gasteiger partial charge in [-0.2, -0.15) is 4.72 Å². The van der Waals surface area contributed by atoms with E-state index in [0.717, 1.165) is 12.8 Å². The van der Waals surface area contributed by atoms with Gasteiger partial charge in [0, 0.05) is 0 Å². The van der Waals surface area contributed by atoms with Gasteiger partial charge < -0.3 is 9.84 Å². The molecule has 1 aliphatic rings. The molecule has 2 N–H and O–H groups in total. The summed E-state index contributed by atoms with van der Waals surface area (Å²) in [6.45, 7) is 0. The van der Waals surface area contributed by atoms with Crippen molar-refractivity contribution < 1.29 is 27.9 Å². The topological polar surface area (TPSA) is 110 Å². The summed E-state index contributed by atoms with van der Waals surface area (Å²) in [5.41, 5.74) is -0.771. The maximum Gasteiger partial charge on any atom is 0.326 e. The lowest BCUT2D eigenvalue weighted by Gasteiger charge is -2.26. The third-order valence-electron chi connectivity index (χ3n) is 4.32. The fraction of sp³-hybridized carbons (Fsp3) is 0.500. The molecule has 24 heavy (non-hydrogen) atoms. The number of nitrogens with one attached hydrogen (secondary N) is 1. The second-order valence-corrected chi connectivity index (χ2v) is 7.79. The lowest BCUT2D eigenvalue weighted by molar-refractivity contribution is -0.151. The molecule has 0 aliphatic heterocycles. The Morgan fingerprint density at radius 2 is 1.83 bits per heavy atom. The molecule has 1 atom stereocenters. The summed E-state index contributed by atoms with van der Waals surface area (Å²) in [6, 6.07) is 6.65. The van der Waals surface area contributed by atoms with Gasteiger partial charge >= 0.3 is 11.9 Å². The molecule has 1 aromatic rings. The van der Waals surface area contributed by atoms with Crippen molar-refractivity contribution in [2.45, 2.75) is 31.7 Å². The van der Waals surface area contributed by atoms with E-state index >= 15 is 0 Å². The minimum atomic E-state index is -4.00. The number of carbonyl (C=O) groups is 2. The monoisotopic (exact) mass is 355 g/mol. The fourth-order valence-electron chi connectivity index (χ4n) is 3.17. The number of benzene rings is 1. The number of aliphatic carboxylic acids is 1. The number of carbonyl (C=O) groups excluding carboxylic acids is 1. The SMILES string of the molecule is COC(=O)C1(CS(=O)(=O)N[C@H](C(=O)O)c2ccccc2)CCCC1. The highest BCUT2D eigenvalue weighted by Gasteiger charge is 2.46. The molecule has 7 nitrogen and oxygen atoms in total. The maximum absolute atomic E-state index is 12.5. The summed E-state index contributed by atoms with van der Waals surface area (Å²) in [5, 5.41) is 9.35. The molecular weight excluding hydrogens is 334 g/mol. The Morgan fingerprint density at radius 3 is 2.33 bits per heavy atom. The molecule has 1 fully saturated rings. The van der Waals surface area contributed by atoms with Crippen molar-refractivity contribution in [2.75, 3.05) is 12.9 Å². The number of rotatable bonds is 7. The number of carboxylic acid groups (broad SMARTS) is 1. The number of sulfonamides is 1. The lowest BCUT2D eigenvalue weighted by Crippen LogP contribution is -2.43. The Labute approximate surface area is 141 Å². The van der Waals surface area contributed by atoms with Gasteiger partial charge in [0.15, 0.2) is 0 Å². The van der Waals surface area contributed by atoms with Crippen LogP contribution in [0, 0.1) is 5.41 Å². The van der Waals surface area contributed by atoms with Crippen LogP contribution in [0.15, 0.2) is 30.3 Å². The van der Waals surface area contributed by atoms with Crippen LogP contribution >= 0.6 is 0 Å². The van der Waals surface area contributed by atoms with Crippen molar-refractivity contribution in [2.24, 2.45) is 5.41 Å². The van der Waals surface area contributed by atoms with Crippen molar-refractivity contribution in [1.82, 2.24) is 4.72 Å². The van der Waals surface area contributed by atoms with Crippen molar-refractivity contribution in [3.63, 3.8) is 0 Å². The van der Waals surface area contributed by atoms with Crippen molar-refractivity contribution >= 4 is 22.0 Å². The van der Waals surface area contributed by atoms with Crippen LogP contribution in [0.2, 0.25) is 0 Å². The highest BCUT2D eigenvalue weighted by molar-refractivity contribution is 7.89. The van der Waals surface area contributed by atoms with E-state index in [1.165, 1.54) is 19.2 Å². The number of hydrogen-bond donors (Lipinski definition) is 2. The van der Waals surface area contributed by atoms with Crippen LogP contribution in [-0.4, -0.2) is 38.3 Å². The number of methoxy groups -OCH3 is 1. The second-order valence-electron chi connectivity index (χ2n) is 6.04. The third-order valence-corrected chi connectivity index (χ3v) is 5.85. The van der Waals surface area contributed by atoms with Crippen molar-refractivity contribution in [1.29, 1.82) is 0 Å². The molecule has 8 heteroatoms. The largest absolute Gasteiger partial charge is 0.480 e. The number of carboxylic acids is 1. The standard InChI is InChI=1S/C16H21NO6S/c1-23-15(20)16(9-5-6-10-16)11-24(21,22)17-13(14(18)19)12-7-3-2-4-8-12/h2-4,7-8,13,17H,5-6,9-11H2,1H3,(H,18,19)/t13-/m0/s1. The molecule has 0 amide bonds. The van der Waals surface area contributed by atoms with Gasteiger partial charge in [0.25, 0.3) is 0 Å². The molecule has 0 unspecified atom stereocenters. The van der Waals surface area contributed by atoms with Crippen LogP contribution in [-0.2, 0) is 24.3 Å². The fourth-order valence-corrected chi connectivity index (χ4v) is 4.98. The van der Waals surface area contributed by atoms with E-state index in [9.17, 15) is 23.1 Å². The molecule has 2 rings (SSSR count). The molecule has 1 aromatic carbocycles. The van der Waals surface area contributed by atoms with Crippen LogP contribution in [0.25, 0.3) is 0 Å². The molecule has 0 saturated heterocycles. The number of hydrogen-bond acceptors (Lipinski definition) is 5. The average Bonchev–Trinajstić information content (AvgIpc) is 3.01. The first-order valence-corrected chi connectivity index (χ1v) is 9.31. The lowest BCUT2D eigenvalue weighted by atomic mass is 9.89. The Bertz CT molecular complexity index is 695. The third kappa shape index (κ3) is 4.12. The zero-order chi connectivity index (χ0) is 17.8. The molecule has 0 spiro atoms. The molecule has 0 bridgehead atoms. The van der Waals surface area contributed by atoms with Crippen LogP contribution < -0.4 is 4.72 Å².